The van der Waals surface area contributed by atoms with Crippen molar-refractivity contribution in [1.29, 1.82) is 0 Å². The van der Waals surface area contributed by atoms with Crippen molar-refractivity contribution in [2.45, 2.75) is 13.1 Å². The zero-order valence-electron chi connectivity index (χ0n) is 29.9. The van der Waals surface area contributed by atoms with Crippen molar-refractivity contribution in [3.63, 3.8) is 0 Å². The number of carbonyl (C=O) groups excluding carboxylic acids is 4. The number of ether oxygens (including phenoxy) is 1. The summed E-state index contributed by atoms with van der Waals surface area (Å²) in [5.74, 6) is -5.42. The third-order valence-corrected chi connectivity index (χ3v) is 6.92. The Kier molecular flexibility index (Phi) is 24.4. The predicted octanol–water partition coefficient (Wildman–Crippen LogP) is -13.8. The zero-order valence-corrected chi connectivity index (χ0v) is 38.7. The molecule has 0 saturated carbocycles. The van der Waals surface area contributed by atoms with Gasteiger partial charge in [0.2, 0.25) is 0 Å². The molecular formula is C33H26N6Na4O9S. The fraction of sp³-hybridized carbons (Fsp3) is 0.212. The second-order valence-corrected chi connectivity index (χ2v) is 10.7. The van der Waals surface area contributed by atoms with E-state index in [1.807, 2.05) is 0 Å². The van der Waals surface area contributed by atoms with Gasteiger partial charge in [-0.15, -0.1) is 0 Å². The molecule has 0 saturated heterocycles. The van der Waals surface area contributed by atoms with E-state index >= 15 is 0 Å². The van der Waals surface area contributed by atoms with Gasteiger partial charge < -0.3 is 44.3 Å². The molecule has 3 heterocycles. The number of hydrogen-bond acceptors (Lipinski definition) is 16. The number of carbonyl (C=O) groups is 4. The second kappa shape index (κ2) is 25.3. The molecule has 0 aliphatic heterocycles. The minimum atomic E-state index is -1.47. The molecule has 0 N–H and O–H groups in total. The van der Waals surface area contributed by atoms with Crippen molar-refractivity contribution in [1.82, 2.24) is 24.8 Å². The summed E-state index contributed by atoms with van der Waals surface area (Å²) in [6, 6.07) is 18.5. The summed E-state index contributed by atoms with van der Waals surface area (Å²) in [6.07, 6.45) is 0. The number of hydrogen-bond donors (Lipinski definition) is 0. The average molecular weight is 775 g/mol. The molecule has 1 aromatic carbocycles. The van der Waals surface area contributed by atoms with Crippen LogP contribution in [0.4, 0.5) is 5.69 Å². The van der Waals surface area contributed by atoms with Crippen LogP contribution in [0.2, 0.25) is 0 Å². The molecule has 0 spiro atoms. The number of nitrogens with zero attached hydrogens (tertiary/aromatic N) is 6. The van der Waals surface area contributed by atoms with Gasteiger partial charge in [-0.05, 0) is 71.9 Å². The smallest absolute Gasteiger partial charge is 0.549 e. The predicted molar refractivity (Wildman–Crippen MR) is 168 cm³/mol. The van der Waals surface area contributed by atoms with Crippen LogP contribution >= 0.6 is 12.2 Å². The monoisotopic (exact) mass is 774 g/mol. The van der Waals surface area contributed by atoms with Gasteiger partial charge in [0.15, 0.2) is 0 Å². The SMILES string of the molecule is COc1ccc(-c2cc(-c3cccc(CN(CC(=O)[O-])CC(=O)[O-])n3)nc(-c3cccc(CN(CC(=O)[O-])CC(=O)[O-])n3)c2)cc1N=C=S.[Na+].[Na+].[Na+].[Na+]. The van der Waals surface area contributed by atoms with Crippen LogP contribution in [0.15, 0.2) is 71.7 Å². The van der Waals surface area contributed by atoms with Crippen LogP contribution < -0.4 is 143 Å². The van der Waals surface area contributed by atoms with Gasteiger partial charge in [0, 0.05) is 39.3 Å². The van der Waals surface area contributed by atoms with E-state index in [4.69, 9.17) is 21.9 Å². The summed E-state index contributed by atoms with van der Waals surface area (Å²) in [5, 5.41) is 47.2. The minimum Gasteiger partial charge on any atom is -0.549 e. The maximum absolute atomic E-state index is 11.2. The van der Waals surface area contributed by atoms with Gasteiger partial charge in [-0.1, -0.05) is 18.2 Å². The first kappa shape index (κ1) is 51.1. The molecule has 15 nitrogen and oxygen atoms in total. The average Bonchev–Trinajstić information content (AvgIpc) is 3.03. The number of pyridine rings is 3. The molecule has 252 valence electrons. The van der Waals surface area contributed by atoms with Crippen molar-refractivity contribution in [3.05, 3.63) is 78.1 Å². The summed E-state index contributed by atoms with van der Waals surface area (Å²) < 4.78 is 5.38. The molecule has 0 unspecified atom stereocenters. The van der Waals surface area contributed by atoms with Crippen LogP contribution in [-0.4, -0.2) is 87.1 Å². The fourth-order valence-electron chi connectivity index (χ4n) is 4.91. The van der Waals surface area contributed by atoms with Gasteiger partial charge >= 0.3 is 118 Å². The largest absolute Gasteiger partial charge is 1.00 e. The van der Waals surface area contributed by atoms with E-state index < -0.39 is 50.1 Å². The molecule has 0 atom stereocenters. The molecule has 0 radical (unpaired) electrons. The summed E-state index contributed by atoms with van der Waals surface area (Å²) in [7, 11) is 1.49. The summed E-state index contributed by atoms with van der Waals surface area (Å²) in [6.45, 7) is -2.92. The van der Waals surface area contributed by atoms with E-state index in [1.165, 1.54) is 7.11 Å². The van der Waals surface area contributed by atoms with Crippen LogP contribution in [-0.2, 0) is 32.3 Å². The number of methoxy groups -OCH3 is 1. The Morgan fingerprint density at radius 2 is 1.08 bits per heavy atom. The van der Waals surface area contributed by atoms with Crippen molar-refractivity contribution in [2.24, 2.45) is 4.99 Å². The molecule has 0 aliphatic rings. The van der Waals surface area contributed by atoms with Crippen LogP contribution in [0.5, 0.6) is 5.75 Å². The number of carboxylic acids is 4. The van der Waals surface area contributed by atoms with E-state index in [0.29, 0.717) is 56.7 Å². The first-order valence-electron chi connectivity index (χ1n) is 14.4. The van der Waals surface area contributed by atoms with Gasteiger partial charge in [-0.25, -0.2) is 15.0 Å². The van der Waals surface area contributed by atoms with Gasteiger partial charge in [0.1, 0.15) is 11.4 Å². The van der Waals surface area contributed by atoms with Crippen LogP contribution in [0.1, 0.15) is 11.4 Å². The Morgan fingerprint density at radius 3 is 1.45 bits per heavy atom. The molecule has 0 fully saturated rings. The Labute approximate surface area is 398 Å². The van der Waals surface area contributed by atoms with Crippen LogP contribution in [0.3, 0.4) is 0 Å². The van der Waals surface area contributed by atoms with E-state index in [-0.39, 0.29) is 131 Å². The molecule has 4 aromatic rings. The van der Waals surface area contributed by atoms with Gasteiger partial charge in [-0.3, -0.25) is 9.80 Å². The number of carboxylic acid groups (broad SMARTS) is 4. The van der Waals surface area contributed by atoms with E-state index in [0.717, 1.165) is 9.80 Å². The number of isothiocyanates is 1. The summed E-state index contributed by atoms with van der Waals surface area (Å²) in [5.41, 5.74) is 3.85. The number of thiocarbonyl (C=S) groups is 1. The normalized spacial score (nSPS) is 10.0. The van der Waals surface area contributed by atoms with Crippen molar-refractivity contribution in [3.8, 4) is 39.7 Å². The number of aliphatic imine (C=N–C) groups is 1. The Morgan fingerprint density at radius 1 is 0.642 bits per heavy atom. The maximum atomic E-state index is 11.2. The third kappa shape index (κ3) is 16.4. The molecule has 0 bridgehead atoms. The standard InChI is InChI=1S/C33H30N6O9S.4Na/c1-48-29-9-8-20(10-28(29)34-19-49)21-11-26(24-6-2-4-22(35-24)13-38(15-30(40)41)16-31(42)43)37-27(12-21)25-7-3-5-23(36-25)14-39(17-32(44)45)18-33(46)47;;;;/h2-12H,13-18H2,1H3,(H,40,41)(H,42,43)(H,44,45)(H,46,47);;;;/q;4*+1/p-4. The van der Waals surface area contributed by atoms with Crippen molar-refractivity contribution in [2.75, 3.05) is 33.3 Å². The number of aromatic nitrogens is 3. The quantitative estimate of drug-likeness (QED) is 0.0552. The zero-order chi connectivity index (χ0) is 35.5. The molecule has 0 amide bonds. The van der Waals surface area contributed by atoms with Crippen molar-refractivity contribution < 1.29 is 163 Å². The van der Waals surface area contributed by atoms with E-state index in [9.17, 15) is 39.6 Å². The van der Waals surface area contributed by atoms with Crippen LogP contribution in [0, 0.1) is 0 Å². The third-order valence-electron chi connectivity index (χ3n) is 6.82. The summed E-state index contributed by atoms with van der Waals surface area (Å²) in [4.78, 5) is 65.1. The van der Waals surface area contributed by atoms with E-state index in [2.05, 4.69) is 20.1 Å². The van der Waals surface area contributed by atoms with Gasteiger partial charge in [0.05, 0.1) is 70.3 Å². The molecule has 0 aliphatic carbocycles. The molecule has 4 rings (SSSR count). The van der Waals surface area contributed by atoms with Gasteiger partial charge in [0.25, 0.3) is 0 Å². The first-order valence-corrected chi connectivity index (χ1v) is 14.8. The maximum Gasteiger partial charge on any atom is 1.00 e. The first-order chi connectivity index (χ1) is 23.4. The Hall–Kier alpha value is -1.93. The van der Waals surface area contributed by atoms with Crippen LogP contribution in [0.25, 0.3) is 33.9 Å². The van der Waals surface area contributed by atoms with Crippen molar-refractivity contribution >= 4 is 46.9 Å². The number of benzene rings is 1. The Balaban J connectivity index is 0.00000676. The molecule has 20 heteroatoms. The fourth-order valence-corrected chi connectivity index (χ4v) is 5.01. The van der Waals surface area contributed by atoms with Gasteiger partial charge in [-0.2, -0.15) is 4.99 Å². The molecule has 3 aromatic heterocycles. The Bertz CT molecular complexity index is 1820. The summed E-state index contributed by atoms with van der Waals surface area (Å²) >= 11 is 4.80. The number of rotatable bonds is 17. The number of aliphatic carboxylic acids is 4. The molecular weight excluding hydrogens is 748 g/mol. The van der Waals surface area contributed by atoms with E-state index in [1.54, 1.807) is 66.7 Å². The second-order valence-electron chi connectivity index (χ2n) is 10.5. The molecule has 53 heavy (non-hydrogen) atoms. The topological polar surface area (TPSA) is 227 Å². The minimum absolute atomic E-state index is 0.